The molecule has 1 aliphatic rings. The van der Waals surface area contributed by atoms with E-state index in [2.05, 4.69) is 16.3 Å². The minimum Gasteiger partial charge on any atom is -0.484 e. The maximum Gasteiger partial charge on any atom is 0.262 e. The van der Waals surface area contributed by atoms with Crippen LogP contribution in [0.1, 0.15) is 28.8 Å². The Morgan fingerprint density at radius 2 is 1.88 bits per heavy atom. The normalized spacial score (nSPS) is 13.6. The van der Waals surface area contributed by atoms with Gasteiger partial charge in [-0.15, -0.1) is 0 Å². The summed E-state index contributed by atoms with van der Waals surface area (Å²) in [6.45, 7) is 4.12. The summed E-state index contributed by atoms with van der Waals surface area (Å²) < 4.78 is 5.45. The highest BCUT2D eigenvalue weighted by Crippen LogP contribution is 2.25. The number of amides is 1. The van der Waals surface area contributed by atoms with Gasteiger partial charge in [-0.05, 0) is 67.8 Å². The van der Waals surface area contributed by atoms with Crippen molar-refractivity contribution in [2.75, 3.05) is 29.9 Å². The fraction of sp³-hybridized carbons (Fsp3) is 0.300. The van der Waals surface area contributed by atoms with Crippen molar-refractivity contribution in [2.24, 2.45) is 0 Å². The summed E-state index contributed by atoms with van der Waals surface area (Å²) >= 11 is 0. The molecule has 0 saturated carbocycles. The first-order valence-corrected chi connectivity index (χ1v) is 8.49. The van der Waals surface area contributed by atoms with Crippen LogP contribution in [-0.2, 0) is 4.79 Å². The Kier molecular flexibility index (Phi) is 5.33. The van der Waals surface area contributed by atoms with Crippen molar-refractivity contribution in [1.29, 1.82) is 0 Å². The third kappa shape index (κ3) is 4.38. The van der Waals surface area contributed by atoms with Gasteiger partial charge in [-0.2, -0.15) is 0 Å². The number of hydrogen-bond donors (Lipinski definition) is 1. The Labute approximate surface area is 147 Å². The number of nitrogens with one attached hydrogen (secondary N) is 1. The van der Waals surface area contributed by atoms with Gasteiger partial charge in [-0.25, -0.2) is 0 Å². The molecule has 0 atom stereocenters. The van der Waals surface area contributed by atoms with E-state index in [4.69, 9.17) is 4.74 Å². The lowest BCUT2D eigenvalue weighted by Crippen LogP contribution is -2.21. The third-order valence-electron chi connectivity index (χ3n) is 4.34. The molecule has 2 aromatic rings. The Bertz CT molecular complexity index is 750. The number of anilines is 2. The van der Waals surface area contributed by atoms with E-state index < -0.39 is 0 Å². The Morgan fingerprint density at radius 1 is 1.16 bits per heavy atom. The highest BCUT2D eigenvalue weighted by atomic mass is 16.5. The number of ether oxygens (including phenoxy) is 1. The van der Waals surface area contributed by atoms with Gasteiger partial charge in [0.15, 0.2) is 6.61 Å². The predicted molar refractivity (Wildman–Crippen MR) is 98.6 cm³/mol. The molecule has 1 saturated heterocycles. The van der Waals surface area contributed by atoms with Crippen LogP contribution in [0.15, 0.2) is 42.5 Å². The molecule has 5 heteroatoms. The first kappa shape index (κ1) is 17.0. The first-order valence-electron chi connectivity index (χ1n) is 8.49. The van der Waals surface area contributed by atoms with Crippen LogP contribution >= 0.6 is 0 Å². The van der Waals surface area contributed by atoms with Crippen molar-refractivity contribution >= 4 is 23.6 Å². The fourth-order valence-corrected chi connectivity index (χ4v) is 2.94. The maximum atomic E-state index is 12.1. The Hall–Kier alpha value is -2.82. The highest BCUT2D eigenvalue weighted by Gasteiger charge is 2.13. The monoisotopic (exact) mass is 338 g/mol. The van der Waals surface area contributed by atoms with E-state index in [0.717, 1.165) is 30.6 Å². The smallest absolute Gasteiger partial charge is 0.262 e. The van der Waals surface area contributed by atoms with Gasteiger partial charge in [-0.3, -0.25) is 9.59 Å². The molecule has 1 amide bonds. The van der Waals surface area contributed by atoms with Crippen LogP contribution in [0.3, 0.4) is 0 Å². The summed E-state index contributed by atoms with van der Waals surface area (Å²) in [6, 6.07) is 12.8. The van der Waals surface area contributed by atoms with Gasteiger partial charge < -0.3 is 15.0 Å². The average molecular weight is 338 g/mol. The molecule has 0 unspecified atom stereocenters. The molecule has 2 aromatic carbocycles. The van der Waals surface area contributed by atoms with Crippen molar-refractivity contribution in [3.05, 3.63) is 53.6 Å². The van der Waals surface area contributed by atoms with Crippen LogP contribution in [0.25, 0.3) is 0 Å². The van der Waals surface area contributed by atoms with Crippen LogP contribution in [0.5, 0.6) is 5.75 Å². The molecule has 5 nitrogen and oxygen atoms in total. The average Bonchev–Trinajstić information content (AvgIpc) is 3.17. The molecular weight excluding hydrogens is 316 g/mol. The predicted octanol–water partition coefficient (Wildman–Crippen LogP) is 3.43. The largest absolute Gasteiger partial charge is 0.484 e. The van der Waals surface area contributed by atoms with Crippen LogP contribution in [0.2, 0.25) is 0 Å². The second-order valence-electron chi connectivity index (χ2n) is 6.22. The number of carbonyl (C=O) groups excluding carboxylic acids is 2. The Balaban J connectivity index is 1.55. The summed E-state index contributed by atoms with van der Waals surface area (Å²) in [5, 5.41) is 2.88. The minimum atomic E-state index is -0.212. The van der Waals surface area contributed by atoms with E-state index in [0.29, 0.717) is 11.3 Å². The zero-order valence-corrected chi connectivity index (χ0v) is 14.3. The maximum absolute atomic E-state index is 12.1. The molecule has 0 aromatic heterocycles. The van der Waals surface area contributed by atoms with Crippen LogP contribution < -0.4 is 15.0 Å². The van der Waals surface area contributed by atoms with E-state index in [1.807, 2.05) is 19.1 Å². The quantitative estimate of drug-likeness (QED) is 0.820. The van der Waals surface area contributed by atoms with Gasteiger partial charge >= 0.3 is 0 Å². The van der Waals surface area contributed by atoms with Gasteiger partial charge in [0, 0.05) is 30.0 Å². The fourth-order valence-electron chi connectivity index (χ4n) is 2.94. The van der Waals surface area contributed by atoms with Gasteiger partial charge in [0.1, 0.15) is 12.0 Å². The number of aryl methyl sites for hydroxylation is 1. The number of rotatable bonds is 6. The van der Waals surface area contributed by atoms with Crippen molar-refractivity contribution in [2.45, 2.75) is 19.8 Å². The lowest BCUT2D eigenvalue weighted by atomic mass is 10.1. The lowest BCUT2D eigenvalue weighted by Gasteiger charge is -2.19. The van der Waals surface area contributed by atoms with Crippen molar-refractivity contribution in [3.63, 3.8) is 0 Å². The number of hydrogen-bond acceptors (Lipinski definition) is 4. The molecule has 1 N–H and O–H groups in total. The van der Waals surface area contributed by atoms with Crippen LogP contribution in [0, 0.1) is 6.92 Å². The summed E-state index contributed by atoms with van der Waals surface area (Å²) in [7, 11) is 0. The highest BCUT2D eigenvalue weighted by molar-refractivity contribution is 5.92. The molecule has 25 heavy (non-hydrogen) atoms. The topological polar surface area (TPSA) is 58.6 Å². The van der Waals surface area contributed by atoms with Crippen molar-refractivity contribution < 1.29 is 14.3 Å². The van der Waals surface area contributed by atoms with Crippen LogP contribution in [0.4, 0.5) is 11.4 Å². The molecule has 1 aliphatic heterocycles. The van der Waals surface area contributed by atoms with Gasteiger partial charge in [-0.1, -0.05) is 0 Å². The molecule has 0 spiro atoms. The summed E-state index contributed by atoms with van der Waals surface area (Å²) in [5.74, 6) is 0.346. The number of aldehydes is 1. The van der Waals surface area contributed by atoms with Crippen molar-refractivity contribution in [1.82, 2.24) is 0 Å². The van der Waals surface area contributed by atoms with E-state index in [9.17, 15) is 9.59 Å². The molecular formula is C20H22N2O3. The molecule has 130 valence electrons. The number of benzene rings is 2. The molecule has 0 bridgehead atoms. The summed E-state index contributed by atoms with van der Waals surface area (Å²) in [4.78, 5) is 25.1. The molecule has 1 heterocycles. The second-order valence-corrected chi connectivity index (χ2v) is 6.22. The number of carbonyl (C=O) groups is 2. The zero-order valence-electron chi connectivity index (χ0n) is 14.3. The molecule has 0 aliphatic carbocycles. The molecule has 3 rings (SSSR count). The van der Waals surface area contributed by atoms with E-state index in [-0.39, 0.29) is 12.5 Å². The summed E-state index contributed by atoms with van der Waals surface area (Å²) in [5.41, 5.74) is 3.62. The molecule has 1 fully saturated rings. The minimum absolute atomic E-state index is 0.0756. The SMILES string of the molecule is Cc1cc(N2CCCC2)ccc1NC(=O)COc1ccc(C=O)cc1. The first-order chi connectivity index (χ1) is 12.2. The van der Waals surface area contributed by atoms with E-state index in [1.165, 1.54) is 18.5 Å². The van der Waals surface area contributed by atoms with Crippen molar-refractivity contribution in [3.8, 4) is 5.75 Å². The van der Waals surface area contributed by atoms with Gasteiger partial charge in [0.25, 0.3) is 5.91 Å². The van der Waals surface area contributed by atoms with Crippen LogP contribution in [-0.4, -0.2) is 31.9 Å². The van der Waals surface area contributed by atoms with E-state index >= 15 is 0 Å². The third-order valence-corrected chi connectivity index (χ3v) is 4.34. The van der Waals surface area contributed by atoms with E-state index in [1.54, 1.807) is 24.3 Å². The summed E-state index contributed by atoms with van der Waals surface area (Å²) in [6.07, 6.45) is 3.25. The Morgan fingerprint density at radius 3 is 2.52 bits per heavy atom. The standard InChI is InChI=1S/C20H22N2O3/c1-15-12-17(22-10-2-3-11-22)6-9-19(15)21-20(24)14-25-18-7-4-16(13-23)5-8-18/h4-9,12-13H,2-3,10-11,14H2,1H3,(H,21,24). The zero-order chi connectivity index (χ0) is 17.6. The lowest BCUT2D eigenvalue weighted by molar-refractivity contribution is -0.118. The van der Waals surface area contributed by atoms with Gasteiger partial charge in [0.05, 0.1) is 0 Å². The second kappa shape index (κ2) is 7.83. The number of nitrogens with zero attached hydrogens (tertiary/aromatic N) is 1. The van der Waals surface area contributed by atoms with Gasteiger partial charge in [0.2, 0.25) is 0 Å². The molecule has 0 radical (unpaired) electrons.